The highest BCUT2D eigenvalue weighted by Crippen LogP contribution is 2.32. The molecule has 1 aromatic rings. The van der Waals surface area contributed by atoms with Gasteiger partial charge in [0.25, 0.3) is 6.47 Å². The molecule has 0 aromatic heterocycles. The lowest BCUT2D eigenvalue weighted by molar-refractivity contribution is -0.136. The van der Waals surface area contributed by atoms with Gasteiger partial charge in [0.1, 0.15) is 12.4 Å². The molecule has 2 atom stereocenters. The molecule has 0 aliphatic heterocycles. The molecule has 202 valence electrons. The van der Waals surface area contributed by atoms with Crippen molar-refractivity contribution in [3.05, 3.63) is 29.8 Å². The Hall–Kier alpha value is -1.24. The van der Waals surface area contributed by atoms with E-state index in [0.29, 0.717) is 19.6 Å². The quantitative estimate of drug-likeness (QED) is 0.0991. The second kappa shape index (κ2) is 22.0. The SMILES string of the molecule is CCCCCCCCCCCCCc1cccc(OCC(COP(O)OCCN(C)C)OC=O)c1. The van der Waals surface area contributed by atoms with Crippen molar-refractivity contribution in [1.82, 2.24) is 4.90 Å². The summed E-state index contributed by atoms with van der Waals surface area (Å²) in [4.78, 5) is 22.6. The first-order valence-electron chi connectivity index (χ1n) is 13.3. The van der Waals surface area contributed by atoms with Crippen LogP contribution in [0.5, 0.6) is 5.75 Å². The van der Waals surface area contributed by atoms with Crippen molar-refractivity contribution in [1.29, 1.82) is 0 Å². The molecule has 0 amide bonds. The van der Waals surface area contributed by atoms with E-state index < -0.39 is 14.7 Å². The van der Waals surface area contributed by atoms with Crippen LogP contribution in [0.15, 0.2) is 24.3 Å². The third kappa shape index (κ3) is 18.7. The second-order valence-electron chi connectivity index (χ2n) is 9.27. The second-order valence-corrected chi connectivity index (χ2v) is 10.3. The van der Waals surface area contributed by atoms with Crippen LogP contribution in [0.1, 0.15) is 83.1 Å². The van der Waals surface area contributed by atoms with Crippen LogP contribution in [0.2, 0.25) is 0 Å². The van der Waals surface area contributed by atoms with Crippen LogP contribution < -0.4 is 4.74 Å². The predicted octanol–water partition coefficient (Wildman–Crippen LogP) is 6.27. The van der Waals surface area contributed by atoms with Gasteiger partial charge >= 0.3 is 8.60 Å². The molecule has 35 heavy (non-hydrogen) atoms. The van der Waals surface area contributed by atoms with Crippen molar-refractivity contribution < 1.29 is 28.2 Å². The molecule has 2 unspecified atom stereocenters. The van der Waals surface area contributed by atoms with E-state index in [1.807, 2.05) is 37.2 Å². The molecule has 0 radical (unpaired) electrons. The topological polar surface area (TPSA) is 77.5 Å². The zero-order chi connectivity index (χ0) is 25.6. The lowest BCUT2D eigenvalue weighted by Gasteiger charge is -2.18. The normalized spacial score (nSPS) is 13.1. The molecule has 1 aromatic carbocycles. The van der Waals surface area contributed by atoms with Gasteiger partial charge in [-0.2, -0.15) is 0 Å². The Bertz CT molecular complexity index is 633. The van der Waals surface area contributed by atoms with Crippen LogP contribution in [-0.4, -0.2) is 62.8 Å². The summed E-state index contributed by atoms with van der Waals surface area (Å²) in [5.74, 6) is 0.735. The molecule has 0 aliphatic rings. The fourth-order valence-corrected chi connectivity index (χ4v) is 4.27. The average molecular weight is 514 g/mol. The fourth-order valence-electron chi connectivity index (χ4n) is 3.66. The highest BCUT2D eigenvalue weighted by atomic mass is 31.2. The number of hydrogen-bond acceptors (Lipinski definition) is 7. The summed E-state index contributed by atoms with van der Waals surface area (Å²) in [5.41, 5.74) is 1.25. The number of carbonyl (C=O) groups is 1. The van der Waals surface area contributed by atoms with Crippen molar-refractivity contribution in [3.63, 3.8) is 0 Å². The highest BCUT2D eigenvalue weighted by Gasteiger charge is 2.16. The largest absolute Gasteiger partial charge is 0.490 e. The fraction of sp³-hybridized carbons (Fsp3) is 0.741. The van der Waals surface area contributed by atoms with Gasteiger partial charge in [-0.15, -0.1) is 0 Å². The number of benzene rings is 1. The van der Waals surface area contributed by atoms with E-state index in [4.69, 9.17) is 18.5 Å². The molecule has 8 heteroatoms. The first-order chi connectivity index (χ1) is 17.0. The van der Waals surface area contributed by atoms with Gasteiger partial charge in [0.15, 0.2) is 6.10 Å². The van der Waals surface area contributed by atoms with E-state index in [9.17, 15) is 9.69 Å². The van der Waals surface area contributed by atoms with Crippen molar-refractivity contribution in [3.8, 4) is 5.75 Å². The Kier molecular flexibility index (Phi) is 20.0. The number of likely N-dealkylation sites (N-methyl/N-ethyl adjacent to an activating group) is 1. The Labute approximate surface area is 214 Å². The number of aryl methyl sites for hydroxylation is 1. The van der Waals surface area contributed by atoms with Gasteiger partial charge in [-0.05, 0) is 44.6 Å². The zero-order valence-corrected chi connectivity index (χ0v) is 23.1. The van der Waals surface area contributed by atoms with Crippen LogP contribution in [0.3, 0.4) is 0 Å². The van der Waals surface area contributed by atoms with Gasteiger partial charge in [-0.25, -0.2) is 0 Å². The summed E-state index contributed by atoms with van der Waals surface area (Å²) < 4.78 is 21.4. The molecule has 0 saturated carbocycles. The minimum Gasteiger partial charge on any atom is -0.490 e. The molecule has 0 spiro atoms. The number of hydrogen-bond donors (Lipinski definition) is 1. The number of rotatable bonds is 24. The highest BCUT2D eigenvalue weighted by molar-refractivity contribution is 7.40. The molecule has 0 aliphatic carbocycles. The Balaban J connectivity index is 2.22. The molecule has 0 heterocycles. The van der Waals surface area contributed by atoms with Crippen LogP contribution in [0.4, 0.5) is 0 Å². The standard InChI is InChI=1S/C27H48NO6P/c1-4-5-6-7-8-9-10-11-12-13-14-16-25-17-15-18-26(21-25)31-22-27(32-24-29)23-34-35(30)33-20-19-28(2)3/h15,17-18,21,24,27,30H,4-14,16,19-20,22-23H2,1-3H3. The van der Waals surface area contributed by atoms with E-state index in [0.717, 1.165) is 12.2 Å². The van der Waals surface area contributed by atoms with E-state index >= 15 is 0 Å². The lowest BCUT2D eigenvalue weighted by Crippen LogP contribution is -2.26. The van der Waals surface area contributed by atoms with Gasteiger partial charge in [0.2, 0.25) is 0 Å². The number of nitrogens with zero attached hydrogens (tertiary/aromatic N) is 1. The van der Waals surface area contributed by atoms with E-state index in [1.165, 1.54) is 76.2 Å². The number of unbranched alkanes of at least 4 members (excludes halogenated alkanes) is 10. The minimum absolute atomic E-state index is 0.00133. The summed E-state index contributed by atoms with van der Waals surface area (Å²) in [7, 11) is 1.82. The first kappa shape index (κ1) is 31.8. The Morgan fingerprint density at radius 1 is 0.943 bits per heavy atom. The van der Waals surface area contributed by atoms with Gasteiger partial charge in [0.05, 0.1) is 13.2 Å². The van der Waals surface area contributed by atoms with Crippen LogP contribution in [0, 0.1) is 0 Å². The van der Waals surface area contributed by atoms with Gasteiger partial charge in [0, 0.05) is 6.54 Å². The van der Waals surface area contributed by atoms with Crippen LogP contribution in [-0.2, 0) is 25.0 Å². The Morgan fingerprint density at radius 2 is 1.60 bits per heavy atom. The lowest BCUT2D eigenvalue weighted by atomic mass is 10.0. The summed E-state index contributed by atoms with van der Waals surface area (Å²) in [6.45, 7) is 3.81. The average Bonchev–Trinajstić information content (AvgIpc) is 2.84. The predicted molar refractivity (Wildman–Crippen MR) is 143 cm³/mol. The summed E-state index contributed by atoms with van der Waals surface area (Å²) in [5, 5.41) is 0. The molecule has 0 saturated heterocycles. The summed E-state index contributed by atoms with van der Waals surface area (Å²) in [6, 6.07) is 8.04. The monoisotopic (exact) mass is 513 g/mol. The van der Waals surface area contributed by atoms with Gasteiger partial charge in [-0.1, -0.05) is 83.3 Å². The maximum atomic E-state index is 10.8. The molecular weight excluding hydrogens is 465 g/mol. The molecule has 7 nitrogen and oxygen atoms in total. The molecule has 0 bridgehead atoms. The van der Waals surface area contributed by atoms with Crippen LogP contribution in [0.25, 0.3) is 0 Å². The minimum atomic E-state index is -2.02. The summed E-state index contributed by atoms with van der Waals surface area (Å²) in [6.07, 6.45) is 15.1. The smallest absolute Gasteiger partial charge is 0.330 e. The molecule has 1 rings (SSSR count). The van der Waals surface area contributed by atoms with Crippen molar-refractivity contribution in [2.45, 2.75) is 90.1 Å². The third-order valence-electron chi connectivity index (χ3n) is 5.76. The Morgan fingerprint density at radius 3 is 2.23 bits per heavy atom. The van der Waals surface area contributed by atoms with Crippen molar-refractivity contribution in [2.75, 3.05) is 40.5 Å². The van der Waals surface area contributed by atoms with Crippen molar-refractivity contribution in [2.24, 2.45) is 0 Å². The van der Waals surface area contributed by atoms with Gasteiger partial charge in [-0.3, -0.25) is 4.79 Å². The van der Waals surface area contributed by atoms with E-state index in [-0.39, 0.29) is 13.2 Å². The van der Waals surface area contributed by atoms with E-state index in [1.54, 1.807) is 0 Å². The molecular formula is C27H48NO6P. The number of carbonyl (C=O) groups excluding carboxylic acids is 1. The molecule has 1 N–H and O–H groups in total. The maximum absolute atomic E-state index is 10.8. The number of ether oxygens (including phenoxy) is 2. The summed E-state index contributed by atoms with van der Waals surface area (Å²) >= 11 is 0. The first-order valence-corrected chi connectivity index (χ1v) is 14.4. The third-order valence-corrected chi connectivity index (χ3v) is 6.54. The van der Waals surface area contributed by atoms with Crippen LogP contribution >= 0.6 is 8.60 Å². The van der Waals surface area contributed by atoms with Gasteiger partial charge < -0.3 is 28.3 Å². The van der Waals surface area contributed by atoms with E-state index in [2.05, 4.69) is 13.0 Å². The zero-order valence-electron chi connectivity index (χ0n) is 22.2. The van der Waals surface area contributed by atoms with Crippen molar-refractivity contribution >= 4 is 15.1 Å². The maximum Gasteiger partial charge on any atom is 0.330 e. The molecule has 0 fully saturated rings.